The van der Waals surface area contributed by atoms with Crippen molar-refractivity contribution >= 4 is 11.6 Å². The van der Waals surface area contributed by atoms with E-state index in [0.717, 1.165) is 0 Å². The van der Waals surface area contributed by atoms with Gasteiger partial charge in [0.15, 0.2) is 0 Å². The Morgan fingerprint density at radius 2 is 2.33 bits per heavy atom. The van der Waals surface area contributed by atoms with Crippen LogP contribution >= 0.6 is 11.6 Å². The smallest absolute Gasteiger partial charge is 0.103 e. The molecule has 1 atom stereocenters. The molecule has 0 heterocycles. The zero-order valence-electron chi connectivity index (χ0n) is 3.39. The topological polar surface area (TPSA) is 46.2 Å². The van der Waals surface area contributed by atoms with Gasteiger partial charge >= 0.3 is 0 Å². The van der Waals surface area contributed by atoms with Crippen LogP contribution in [0, 0.1) is 0 Å². The molecule has 0 aromatic heterocycles. The summed E-state index contributed by atoms with van der Waals surface area (Å²) >= 11 is 5.16. The number of hydrogen-bond acceptors (Lipinski definition) is 2. The molecule has 0 saturated heterocycles. The molecule has 0 unspecified atom stereocenters. The largest absolute Gasteiger partial charge is 0.379 e. The molecule has 0 aliphatic carbocycles. The van der Waals surface area contributed by atoms with E-state index < -0.39 is 6.23 Å². The van der Waals surface area contributed by atoms with E-state index in [2.05, 4.69) is 0 Å². The zero-order chi connectivity index (χ0) is 4.99. The first-order valence-corrected chi connectivity index (χ1v) is 2.30. The van der Waals surface area contributed by atoms with Crippen LogP contribution < -0.4 is 5.73 Å². The van der Waals surface area contributed by atoms with Gasteiger partial charge in [-0.25, -0.2) is 0 Å². The molecule has 0 spiro atoms. The molecule has 38 valence electrons. The Morgan fingerprint density at radius 1 is 1.83 bits per heavy atom. The average molecular weight is 110 g/mol. The highest BCUT2D eigenvalue weighted by Crippen LogP contribution is 1.83. The van der Waals surface area contributed by atoms with Crippen molar-refractivity contribution in [1.29, 1.82) is 0 Å². The fraction of sp³-hybridized carbons (Fsp3) is 1.00. The zero-order valence-corrected chi connectivity index (χ0v) is 4.15. The lowest BCUT2D eigenvalue weighted by Crippen LogP contribution is -2.18. The fourth-order valence-corrected chi connectivity index (χ4v) is 0.335. The van der Waals surface area contributed by atoms with Crippen molar-refractivity contribution in [3.8, 4) is 0 Å². The van der Waals surface area contributed by atoms with Gasteiger partial charge < -0.3 is 10.8 Å². The predicted octanol–water partition coefficient (Wildman–Crippen LogP) is -0.108. The van der Waals surface area contributed by atoms with Crippen LogP contribution in [0.2, 0.25) is 0 Å². The van der Waals surface area contributed by atoms with Crippen LogP contribution in [0.15, 0.2) is 0 Å². The van der Waals surface area contributed by atoms with E-state index in [9.17, 15) is 0 Å². The summed E-state index contributed by atoms with van der Waals surface area (Å²) < 4.78 is 0. The Labute approximate surface area is 41.9 Å². The van der Waals surface area contributed by atoms with Crippen LogP contribution in [-0.2, 0) is 0 Å². The maximum atomic E-state index is 8.25. The second-order valence-corrected chi connectivity index (χ2v) is 1.42. The molecule has 3 N–H and O–H groups in total. The Kier molecular flexibility index (Phi) is 3.52. The van der Waals surface area contributed by atoms with Gasteiger partial charge in [-0.05, 0) is 0 Å². The lowest BCUT2D eigenvalue weighted by atomic mass is 10.4. The van der Waals surface area contributed by atoms with Crippen molar-refractivity contribution in [3.63, 3.8) is 0 Å². The lowest BCUT2D eigenvalue weighted by Gasteiger charge is -1.95. The molecule has 0 radical (unpaired) electrons. The minimum atomic E-state index is -0.734. The average Bonchev–Trinajstić information content (AvgIpc) is 1.35. The van der Waals surface area contributed by atoms with Crippen molar-refractivity contribution < 1.29 is 5.11 Å². The molecule has 0 amide bonds. The van der Waals surface area contributed by atoms with Gasteiger partial charge in [-0.1, -0.05) is 0 Å². The van der Waals surface area contributed by atoms with Crippen LogP contribution in [0.4, 0.5) is 0 Å². The first kappa shape index (κ1) is 6.21. The van der Waals surface area contributed by atoms with Gasteiger partial charge in [0.25, 0.3) is 0 Å². The molecule has 0 aromatic carbocycles. The third-order valence-electron chi connectivity index (χ3n) is 0.405. The second kappa shape index (κ2) is 3.40. The first-order valence-electron chi connectivity index (χ1n) is 1.77. The van der Waals surface area contributed by atoms with Gasteiger partial charge in [0.2, 0.25) is 0 Å². The number of nitrogens with two attached hydrogens (primary N) is 1. The summed E-state index contributed by atoms with van der Waals surface area (Å²) in [4.78, 5) is 0. The summed E-state index contributed by atoms with van der Waals surface area (Å²) in [6.07, 6.45) is -0.260. The third kappa shape index (κ3) is 4.21. The predicted molar refractivity (Wildman–Crippen MR) is 25.5 cm³/mol. The van der Waals surface area contributed by atoms with Crippen LogP contribution in [0.25, 0.3) is 0 Å². The Hall–Kier alpha value is 0.210. The summed E-state index contributed by atoms with van der Waals surface area (Å²) in [7, 11) is 0. The molecule has 3 heteroatoms. The number of aliphatic hydroxyl groups excluding tert-OH is 1. The van der Waals surface area contributed by atoms with Crippen LogP contribution in [0.5, 0.6) is 0 Å². The highest BCUT2D eigenvalue weighted by atomic mass is 35.5. The summed E-state index contributed by atoms with van der Waals surface area (Å²) in [5.74, 6) is 0.428. The van der Waals surface area contributed by atoms with Crippen molar-refractivity contribution in [2.24, 2.45) is 5.73 Å². The highest BCUT2D eigenvalue weighted by molar-refractivity contribution is 6.17. The van der Waals surface area contributed by atoms with Crippen LogP contribution in [0.1, 0.15) is 6.42 Å². The number of aliphatic hydroxyl groups is 1. The van der Waals surface area contributed by atoms with Crippen molar-refractivity contribution in [2.75, 3.05) is 5.88 Å². The number of rotatable bonds is 2. The molecule has 0 bridgehead atoms. The Balaban J connectivity index is 2.63. The van der Waals surface area contributed by atoms with Gasteiger partial charge in [-0.2, -0.15) is 0 Å². The first-order chi connectivity index (χ1) is 2.77. The molecule has 6 heavy (non-hydrogen) atoms. The van der Waals surface area contributed by atoms with Crippen molar-refractivity contribution in [1.82, 2.24) is 0 Å². The van der Waals surface area contributed by atoms with Crippen LogP contribution in [-0.4, -0.2) is 17.2 Å². The molecular weight excluding hydrogens is 101 g/mol. The van der Waals surface area contributed by atoms with Gasteiger partial charge in [0.05, 0.1) is 0 Å². The molecule has 0 fully saturated rings. The monoisotopic (exact) mass is 109 g/mol. The summed E-state index contributed by atoms with van der Waals surface area (Å²) in [5.41, 5.74) is 4.87. The molecule has 2 nitrogen and oxygen atoms in total. The SMILES string of the molecule is N[C@H](O)CCCl. The van der Waals surface area contributed by atoms with E-state index >= 15 is 0 Å². The maximum absolute atomic E-state index is 8.25. The van der Waals surface area contributed by atoms with E-state index in [-0.39, 0.29) is 0 Å². The maximum Gasteiger partial charge on any atom is 0.103 e. The van der Waals surface area contributed by atoms with Gasteiger partial charge in [-0.3, -0.25) is 0 Å². The quantitative estimate of drug-likeness (QED) is 0.384. The van der Waals surface area contributed by atoms with Crippen LogP contribution in [0.3, 0.4) is 0 Å². The Bertz CT molecular complexity index is 32.0. The molecule has 0 aliphatic heterocycles. The van der Waals surface area contributed by atoms with E-state index in [0.29, 0.717) is 12.3 Å². The Morgan fingerprint density at radius 3 is 2.33 bits per heavy atom. The summed E-state index contributed by atoms with van der Waals surface area (Å²) in [6.45, 7) is 0. The number of alkyl halides is 1. The van der Waals surface area contributed by atoms with Crippen molar-refractivity contribution in [2.45, 2.75) is 12.6 Å². The van der Waals surface area contributed by atoms with E-state index in [1.165, 1.54) is 0 Å². The highest BCUT2D eigenvalue weighted by Gasteiger charge is 1.88. The third-order valence-corrected chi connectivity index (χ3v) is 0.623. The van der Waals surface area contributed by atoms with E-state index in [4.69, 9.17) is 22.4 Å². The van der Waals surface area contributed by atoms with Gasteiger partial charge in [0.1, 0.15) is 6.23 Å². The minimum Gasteiger partial charge on any atom is -0.379 e. The number of hydrogen-bond donors (Lipinski definition) is 2. The summed E-state index contributed by atoms with van der Waals surface area (Å²) in [5, 5.41) is 8.25. The molecule has 0 saturated carbocycles. The molecular formula is C3H8ClNO. The van der Waals surface area contributed by atoms with E-state index in [1.54, 1.807) is 0 Å². The fourth-order valence-electron chi connectivity index (χ4n) is 0.112. The molecule has 0 aliphatic rings. The minimum absolute atomic E-state index is 0.428. The normalized spacial score (nSPS) is 14.5. The molecule has 0 aromatic rings. The van der Waals surface area contributed by atoms with Gasteiger partial charge in [0, 0.05) is 12.3 Å². The number of halogens is 1. The van der Waals surface area contributed by atoms with Crippen molar-refractivity contribution in [3.05, 3.63) is 0 Å². The summed E-state index contributed by atoms with van der Waals surface area (Å²) in [6, 6.07) is 0. The van der Waals surface area contributed by atoms with Gasteiger partial charge in [-0.15, -0.1) is 11.6 Å². The second-order valence-electron chi connectivity index (χ2n) is 1.05. The lowest BCUT2D eigenvalue weighted by molar-refractivity contribution is 0.179. The van der Waals surface area contributed by atoms with E-state index in [1.807, 2.05) is 0 Å². The standard InChI is InChI=1S/C3H8ClNO/c4-2-1-3(5)6/h3,6H,1-2,5H2/t3-/m1/s1. The molecule has 0 rings (SSSR count).